The summed E-state index contributed by atoms with van der Waals surface area (Å²) in [7, 11) is 4.55. The molecule has 2 rings (SSSR count). The molecule has 10 heteroatoms. The number of rotatable bonds is 4. The Bertz CT molecular complexity index is 887. The van der Waals surface area contributed by atoms with Gasteiger partial charge in [0.2, 0.25) is 0 Å². The maximum atomic E-state index is 14.1. The van der Waals surface area contributed by atoms with Crippen molar-refractivity contribution < 1.29 is 18.7 Å². The number of ether oxygens (including phenoxy) is 1. The lowest BCUT2D eigenvalue weighted by Gasteiger charge is -2.17. The zero-order chi connectivity index (χ0) is 19.3. The van der Waals surface area contributed by atoms with Gasteiger partial charge in [-0.15, -0.1) is 5.10 Å². The largest absolute Gasteiger partial charge is 0.466 e. The first kappa shape index (κ1) is 19.1. The van der Waals surface area contributed by atoms with E-state index in [-0.39, 0.29) is 21.2 Å². The van der Waals surface area contributed by atoms with Gasteiger partial charge in [-0.2, -0.15) is 10.4 Å². The average molecular weight is 375 g/mol. The molecule has 1 aromatic carbocycles. The molecular weight excluding hydrogens is 361 g/mol. The zero-order valence-electron chi connectivity index (χ0n) is 14.1. The van der Waals surface area contributed by atoms with E-state index in [4.69, 9.17) is 5.26 Å². The molecule has 134 valence electrons. The topological polar surface area (TPSA) is 107 Å². The maximum absolute atomic E-state index is 14.1. The lowest BCUT2D eigenvalue weighted by molar-refractivity contribution is -0.135. The van der Waals surface area contributed by atoms with Gasteiger partial charge in [0.25, 0.3) is 5.91 Å². The smallest absolute Gasteiger partial charge is 0.331 e. The van der Waals surface area contributed by atoms with Crippen LogP contribution in [0.5, 0.6) is 0 Å². The summed E-state index contributed by atoms with van der Waals surface area (Å²) in [6.07, 6.45) is 2.19. The molecule has 1 aliphatic heterocycles. The van der Waals surface area contributed by atoms with Crippen LogP contribution in [0.4, 0.5) is 10.1 Å². The van der Waals surface area contributed by atoms with Gasteiger partial charge in [0.1, 0.15) is 11.9 Å². The van der Waals surface area contributed by atoms with E-state index in [0.29, 0.717) is 5.69 Å². The van der Waals surface area contributed by atoms with Gasteiger partial charge in [-0.05, 0) is 23.9 Å². The number of methoxy groups -OCH3 is 1. The number of nitrogens with one attached hydrogen (secondary N) is 1. The molecule has 8 nitrogen and oxygen atoms in total. The van der Waals surface area contributed by atoms with E-state index in [1.165, 1.54) is 19.2 Å². The van der Waals surface area contributed by atoms with Crippen LogP contribution < -0.4 is 10.2 Å². The number of hydrogen-bond acceptors (Lipinski definition) is 8. The summed E-state index contributed by atoms with van der Waals surface area (Å²) < 4.78 is 18.6. The van der Waals surface area contributed by atoms with E-state index >= 15 is 0 Å². The third-order valence-electron chi connectivity index (χ3n) is 3.17. The summed E-state index contributed by atoms with van der Waals surface area (Å²) in [4.78, 5) is 24.6. The summed E-state index contributed by atoms with van der Waals surface area (Å²) >= 11 is 0.899. The fraction of sp³-hybridized carbons (Fsp3) is 0.188. The number of nitriles is 1. The fourth-order valence-corrected chi connectivity index (χ4v) is 2.80. The Morgan fingerprint density at radius 1 is 1.46 bits per heavy atom. The molecule has 1 aliphatic rings. The molecule has 1 aromatic rings. The SMILES string of the molecule is COC(=O)/C=C1/S/C(=N\N=Cc2c(F)ccc(C#N)c2N(C)C)NC1=O. The Kier molecular flexibility index (Phi) is 6.08. The third kappa shape index (κ3) is 4.25. The third-order valence-corrected chi connectivity index (χ3v) is 4.07. The summed E-state index contributed by atoms with van der Waals surface area (Å²) in [6, 6.07) is 4.54. The predicted molar refractivity (Wildman–Crippen MR) is 96.3 cm³/mol. The molecule has 1 amide bonds. The number of halogens is 1. The number of esters is 1. The van der Waals surface area contributed by atoms with Gasteiger partial charge >= 0.3 is 5.97 Å². The molecule has 0 aromatic heterocycles. The molecule has 0 unspecified atom stereocenters. The molecule has 0 spiro atoms. The van der Waals surface area contributed by atoms with Crippen molar-refractivity contribution in [1.82, 2.24) is 5.32 Å². The highest BCUT2D eigenvalue weighted by Crippen LogP contribution is 2.26. The van der Waals surface area contributed by atoms with Crippen molar-refractivity contribution in [2.24, 2.45) is 10.2 Å². The van der Waals surface area contributed by atoms with Gasteiger partial charge in [-0.1, -0.05) is 0 Å². The Labute approximate surface area is 153 Å². The lowest BCUT2D eigenvalue weighted by atomic mass is 10.1. The van der Waals surface area contributed by atoms with E-state index in [9.17, 15) is 14.0 Å². The van der Waals surface area contributed by atoms with E-state index in [0.717, 1.165) is 24.1 Å². The molecule has 1 saturated heterocycles. The number of anilines is 1. The van der Waals surface area contributed by atoms with Crippen molar-refractivity contribution in [3.8, 4) is 6.07 Å². The minimum atomic E-state index is -0.668. The number of nitrogens with zero attached hydrogens (tertiary/aromatic N) is 4. The molecule has 26 heavy (non-hydrogen) atoms. The van der Waals surface area contributed by atoms with E-state index in [2.05, 4.69) is 20.3 Å². The average Bonchev–Trinajstić information content (AvgIpc) is 2.95. The fourth-order valence-electron chi connectivity index (χ4n) is 2.06. The Hall–Kier alpha value is -3.19. The number of carbonyl (C=O) groups excluding carboxylic acids is 2. The first-order valence-electron chi connectivity index (χ1n) is 7.17. The van der Waals surface area contributed by atoms with Crippen molar-refractivity contribution in [3.05, 3.63) is 40.1 Å². The summed E-state index contributed by atoms with van der Waals surface area (Å²) in [5.41, 5.74) is 0.751. The summed E-state index contributed by atoms with van der Waals surface area (Å²) in [6.45, 7) is 0. The first-order valence-corrected chi connectivity index (χ1v) is 7.98. The van der Waals surface area contributed by atoms with Crippen LogP contribution in [0.25, 0.3) is 0 Å². The molecule has 0 bridgehead atoms. The van der Waals surface area contributed by atoms with Crippen LogP contribution in [0.2, 0.25) is 0 Å². The van der Waals surface area contributed by atoms with Crippen LogP contribution in [0.1, 0.15) is 11.1 Å². The maximum Gasteiger partial charge on any atom is 0.331 e. The van der Waals surface area contributed by atoms with Crippen molar-refractivity contribution in [2.75, 3.05) is 26.1 Å². The minimum Gasteiger partial charge on any atom is -0.466 e. The van der Waals surface area contributed by atoms with Gasteiger partial charge in [0.05, 0.1) is 35.0 Å². The number of benzene rings is 1. The van der Waals surface area contributed by atoms with Crippen molar-refractivity contribution in [2.45, 2.75) is 0 Å². The van der Waals surface area contributed by atoms with Crippen LogP contribution >= 0.6 is 11.8 Å². The normalized spacial score (nSPS) is 16.8. The Morgan fingerprint density at radius 2 is 2.19 bits per heavy atom. The number of amidine groups is 1. The second-order valence-electron chi connectivity index (χ2n) is 5.10. The molecular formula is C16H14FN5O3S. The van der Waals surface area contributed by atoms with E-state index in [1.807, 2.05) is 6.07 Å². The minimum absolute atomic E-state index is 0.0954. The van der Waals surface area contributed by atoms with Crippen molar-refractivity contribution in [3.63, 3.8) is 0 Å². The number of hydrogen-bond donors (Lipinski definition) is 1. The highest BCUT2D eigenvalue weighted by Gasteiger charge is 2.25. The van der Waals surface area contributed by atoms with E-state index < -0.39 is 17.7 Å². The van der Waals surface area contributed by atoms with Gasteiger partial charge in [-0.25, -0.2) is 9.18 Å². The van der Waals surface area contributed by atoms with Crippen LogP contribution in [-0.4, -0.2) is 44.5 Å². The van der Waals surface area contributed by atoms with Crippen LogP contribution in [-0.2, 0) is 14.3 Å². The van der Waals surface area contributed by atoms with E-state index in [1.54, 1.807) is 19.0 Å². The monoisotopic (exact) mass is 375 g/mol. The number of amides is 1. The van der Waals surface area contributed by atoms with Gasteiger partial charge < -0.3 is 9.64 Å². The molecule has 0 saturated carbocycles. The Balaban J connectivity index is 2.28. The van der Waals surface area contributed by atoms with Crippen LogP contribution in [0, 0.1) is 17.1 Å². The standard InChI is InChI=1S/C16H14FN5O3S/c1-22(2)14-9(7-18)4-5-11(17)10(14)8-19-21-16-20-15(24)12(26-16)6-13(23)25-3/h4-6,8H,1-3H3,(H,20,21,24)/b12-6+,19-8?. The molecule has 1 heterocycles. The molecule has 0 radical (unpaired) electrons. The summed E-state index contributed by atoms with van der Waals surface area (Å²) in [5, 5.41) is 19.3. The zero-order valence-corrected chi connectivity index (χ0v) is 14.9. The first-order chi connectivity index (χ1) is 12.4. The molecule has 1 N–H and O–H groups in total. The number of thioether (sulfide) groups is 1. The lowest BCUT2D eigenvalue weighted by Crippen LogP contribution is -2.19. The van der Waals surface area contributed by atoms with Gasteiger partial charge in [-0.3, -0.25) is 10.1 Å². The highest BCUT2D eigenvalue weighted by atomic mass is 32.2. The summed E-state index contributed by atoms with van der Waals surface area (Å²) in [5.74, 6) is -1.74. The Morgan fingerprint density at radius 3 is 2.81 bits per heavy atom. The second-order valence-corrected chi connectivity index (χ2v) is 6.13. The van der Waals surface area contributed by atoms with Crippen LogP contribution in [0.3, 0.4) is 0 Å². The highest BCUT2D eigenvalue weighted by molar-refractivity contribution is 8.18. The predicted octanol–water partition coefficient (Wildman–Crippen LogP) is 1.37. The van der Waals surface area contributed by atoms with Crippen molar-refractivity contribution in [1.29, 1.82) is 5.26 Å². The van der Waals surface area contributed by atoms with Gasteiger partial charge in [0, 0.05) is 20.2 Å². The molecule has 1 fully saturated rings. The van der Waals surface area contributed by atoms with Crippen LogP contribution in [0.15, 0.2) is 33.3 Å². The van der Waals surface area contributed by atoms with Gasteiger partial charge in [0.15, 0.2) is 5.17 Å². The number of carbonyl (C=O) groups is 2. The van der Waals surface area contributed by atoms with Crippen molar-refractivity contribution >= 4 is 40.7 Å². The molecule has 0 aliphatic carbocycles. The quantitative estimate of drug-likeness (QED) is 0.369. The second kappa shape index (κ2) is 8.26. The molecule has 0 atom stereocenters.